The summed E-state index contributed by atoms with van der Waals surface area (Å²) in [6.45, 7) is 9.74. The van der Waals surface area contributed by atoms with Gasteiger partial charge in [-0.1, -0.05) is 44.2 Å². The van der Waals surface area contributed by atoms with Gasteiger partial charge in [-0.3, -0.25) is 4.68 Å². The molecule has 3 nitrogen and oxygen atoms in total. The van der Waals surface area contributed by atoms with Crippen LogP contribution in [0, 0.1) is 5.92 Å². The second-order valence-corrected chi connectivity index (χ2v) is 5.65. The van der Waals surface area contributed by atoms with Gasteiger partial charge in [-0.2, -0.15) is 5.10 Å². The van der Waals surface area contributed by atoms with Crippen molar-refractivity contribution in [2.24, 2.45) is 5.92 Å². The number of hydrogen-bond acceptors (Lipinski definition) is 2. The van der Waals surface area contributed by atoms with Crippen LogP contribution in [0.25, 0.3) is 0 Å². The van der Waals surface area contributed by atoms with Gasteiger partial charge in [0.05, 0.1) is 6.20 Å². The van der Waals surface area contributed by atoms with Crippen LogP contribution in [-0.2, 0) is 6.54 Å². The third kappa shape index (κ3) is 3.48. The van der Waals surface area contributed by atoms with Crippen LogP contribution in [0.2, 0.25) is 0 Å². The molecule has 1 N–H and O–H groups in total. The van der Waals surface area contributed by atoms with Gasteiger partial charge in [-0.15, -0.1) is 0 Å². The number of aryl methyl sites for hydroxylation is 1. The molecule has 0 bridgehead atoms. The predicted molar refractivity (Wildman–Crippen MR) is 83.5 cm³/mol. The zero-order valence-corrected chi connectivity index (χ0v) is 12.9. The fourth-order valence-corrected chi connectivity index (χ4v) is 2.48. The molecule has 2 atom stereocenters. The standard InChI is InChI=1S/C17H25N3/c1-5-20-12-16(11-18-20)14(4)19-17(13(2)3)15-9-7-6-8-10-15/h6-14,17,19H,5H2,1-4H3. The lowest BCUT2D eigenvalue weighted by Gasteiger charge is -2.26. The molecule has 0 radical (unpaired) electrons. The van der Waals surface area contributed by atoms with Crippen molar-refractivity contribution >= 4 is 0 Å². The van der Waals surface area contributed by atoms with Crippen molar-refractivity contribution in [3.63, 3.8) is 0 Å². The minimum atomic E-state index is 0.294. The monoisotopic (exact) mass is 271 g/mol. The van der Waals surface area contributed by atoms with E-state index in [0.717, 1.165) is 6.54 Å². The minimum absolute atomic E-state index is 0.294. The second-order valence-electron chi connectivity index (χ2n) is 5.65. The Labute approximate surface area is 122 Å². The first-order chi connectivity index (χ1) is 9.61. The van der Waals surface area contributed by atoms with Crippen LogP contribution in [0.4, 0.5) is 0 Å². The van der Waals surface area contributed by atoms with Gasteiger partial charge in [-0.25, -0.2) is 0 Å². The quantitative estimate of drug-likeness (QED) is 0.862. The SMILES string of the molecule is CCn1cc(C(C)NC(c2ccccc2)C(C)C)cn1. The third-order valence-corrected chi connectivity index (χ3v) is 3.73. The smallest absolute Gasteiger partial charge is 0.0537 e. The Balaban J connectivity index is 2.12. The largest absolute Gasteiger partial charge is 0.303 e. The second kappa shape index (κ2) is 6.71. The van der Waals surface area contributed by atoms with Crippen LogP contribution in [0.15, 0.2) is 42.7 Å². The lowest BCUT2D eigenvalue weighted by Crippen LogP contribution is -2.28. The maximum Gasteiger partial charge on any atom is 0.0537 e. The van der Waals surface area contributed by atoms with Crippen LogP contribution >= 0.6 is 0 Å². The van der Waals surface area contributed by atoms with Crippen molar-refractivity contribution in [3.05, 3.63) is 53.9 Å². The van der Waals surface area contributed by atoms with Gasteiger partial charge in [0.1, 0.15) is 0 Å². The molecule has 2 aromatic rings. The first-order valence-electron chi connectivity index (χ1n) is 7.45. The summed E-state index contributed by atoms with van der Waals surface area (Å²) >= 11 is 0. The summed E-state index contributed by atoms with van der Waals surface area (Å²) in [5.74, 6) is 0.543. The van der Waals surface area contributed by atoms with Crippen molar-refractivity contribution in [2.75, 3.05) is 0 Å². The molecular formula is C17H25N3. The predicted octanol–water partition coefficient (Wildman–Crippen LogP) is 3.95. The Morgan fingerprint density at radius 2 is 1.80 bits per heavy atom. The highest BCUT2D eigenvalue weighted by Crippen LogP contribution is 2.25. The number of hydrogen-bond donors (Lipinski definition) is 1. The lowest BCUT2D eigenvalue weighted by atomic mass is 9.95. The summed E-state index contributed by atoms with van der Waals surface area (Å²) in [5, 5.41) is 8.09. The molecule has 20 heavy (non-hydrogen) atoms. The van der Waals surface area contributed by atoms with E-state index in [4.69, 9.17) is 0 Å². The van der Waals surface area contributed by atoms with Gasteiger partial charge in [0.2, 0.25) is 0 Å². The average Bonchev–Trinajstić information content (AvgIpc) is 2.94. The van der Waals surface area contributed by atoms with Crippen LogP contribution in [0.5, 0.6) is 0 Å². The molecule has 0 aliphatic heterocycles. The molecule has 0 spiro atoms. The molecule has 0 fully saturated rings. The molecular weight excluding hydrogens is 246 g/mol. The summed E-state index contributed by atoms with van der Waals surface area (Å²) in [5.41, 5.74) is 2.59. The molecule has 3 heteroatoms. The Morgan fingerprint density at radius 3 is 2.35 bits per heavy atom. The van der Waals surface area contributed by atoms with Gasteiger partial charge < -0.3 is 5.32 Å². The fraction of sp³-hybridized carbons (Fsp3) is 0.471. The molecule has 1 heterocycles. The van der Waals surface area contributed by atoms with Gasteiger partial charge in [0.25, 0.3) is 0 Å². The van der Waals surface area contributed by atoms with E-state index in [-0.39, 0.29) is 0 Å². The van der Waals surface area contributed by atoms with Gasteiger partial charge in [0.15, 0.2) is 0 Å². The molecule has 2 rings (SSSR count). The highest BCUT2D eigenvalue weighted by molar-refractivity contribution is 5.20. The summed E-state index contributed by atoms with van der Waals surface area (Å²) < 4.78 is 1.97. The van der Waals surface area contributed by atoms with Crippen LogP contribution < -0.4 is 5.32 Å². The normalized spacial score (nSPS) is 14.4. The lowest BCUT2D eigenvalue weighted by molar-refractivity contribution is 0.374. The van der Waals surface area contributed by atoms with E-state index in [1.54, 1.807) is 0 Å². The number of rotatable bonds is 6. The summed E-state index contributed by atoms with van der Waals surface area (Å²) in [6.07, 6.45) is 4.09. The van der Waals surface area contributed by atoms with E-state index < -0.39 is 0 Å². The van der Waals surface area contributed by atoms with E-state index in [0.29, 0.717) is 18.0 Å². The van der Waals surface area contributed by atoms with Crippen molar-refractivity contribution in [3.8, 4) is 0 Å². The van der Waals surface area contributed by atoms with E-state index in [1.165, 1.54) is 11.1 Å². The molecule has 2 unspecified atom stereocenters. The van der Waals surface area contributed by atoms with E-state index in [1.807, 2.05) is 10.9 Å². The Hall–Kier alpha value is -1.61. The summed E-state index contributed by atoms with van der Waals surface area (Å²) in [6, 6.07) is 11.3. The minimum Gasteiger partial charge on any atom is -0.303 e. The number of benzene rings is 1. The van der Waals surface area contributed by atoms with Gasteiger partial charge >= 0.3 is 0 Å². The Morgan fingerprint density at radius 1 is 1.10 bits per heavy atom. The summed E-state index contributed by atoms with van der Waals surface area (Å²) in [4.78, 5) is 0. The first kappa shape index (κ1) is 14.8. The number of nitrogens with one attached hydrogen (secondary N) is 1. The number of aromatic nitrogens is 2. The average molecular weight is 271 g/mol. The van der Waals surface area contributed by atoms with Gasteiger partial charge in [-0.05, 0) is 25.3 Å². The van der Waals surface area contributed by atoms with Crippen molar-refractivity contribution < 1.29 is 0 Å². The molecule has 0 amide bonds. The fourth-order valence-electron chi connectivity index (χ4n) is 2.48. The van der Waals surface area contributed by atoms with Crippen molar-refractivity contribution in [2.45, 2.75) is 46.3 Å². The van der Waals surface area contributed by atoms with Crippen LogP contribution in [-0.4, -0.2) is 9.78 Å². The molecule has 0 aliphatic carbocycles. The Bertz CT molecular complexity index is 516. The van der Waals surface area contributed by atoms with Crippen molar-refractivity contribution in [1.82, 2.24) is 15.1 Å². The maximum absolute atomic E-state index is 4.36. The molecule has 0 aliphatic rings. The van der Waals surface area contributed by atoms with E-state index in [2.05, 4.69) is 74.6 Å². The van der Waals surface area contributed by atoms with Crippen LogP contribution in [0.1, 0.15) is 50.9 Å². The molecule has 0 saturated carbocycles. The summed E-state index contributed by atoms with van der Waals surface area (Å²) in [7, 11) is 0. The topological polar surface area (TPSA) is 29.9 Å². The Kier molecular flexibility index (Phi) is 4.96. The zero-order chi connectivity index (χ0) is 14.5. The molecule has 108 valence electrons. The maximum atomic E-state index is 4.36. The highest BCUT2D eigenvalue weighted by Gasteiger charge is 2.19. The van der Waals surface area contributed by atoms with Crippen LogP contribution in [0.3, 0.4) is 0 Å². The third-order valence-electron chi connectivity index (χ3n) is 3.73. The first-order valence-corrected chi connectivity index (χ1v) is 7.45. The highest BCUT2D eigenvalue weighted by atomic mass is 15.3. The van der Waals surface area contributed by atoms with E-state index >= 15 is 0 Å². The molecule has 1 aromatic carbocycles. The van der Waals surface area contributed by atoms with Crippen molar-refractivity contribution in [1.29, 1.82) is 0 Å². The number of nitrogens with zero attached hydrogens (tertiary/aromatic N) is 2. The van der Waals surface area contributed by atoms with E-state index in [9.17, 15) is 0 Å². The zero-order valence-electron chi connectivity index (χ0n) is 12.9. The molecule has 1 aromatic heterocycles. The molecule has 0 saturated heterocycles. The van der Waals surface area contributed by atoms with Gasteiger partial charge in [0, 0.05) is 30.4 Å².